The van der Waals surface area contributed by atoms with Crippen molar-refractivity contribution in [3.05, 3.63) is 228 Å². The van der Waals surface area contributed by atoms with E-state index in [1.54, 1.807) is 70.3 Å². The van der Waals surface area contributed by atoms with Gasteiger partial charge in [0, 0.05) is 69.5 Å². The van der Waals surface area contributed by atoms with Crippen molar-refractivity contribution in [1.82, 2.24) is 29.9 Å². The van der Waals surface area contributed by atoms with E-state index in [0.29, 0.717) is 38.7 Å². The molecule has 0 saturated heterocycles. The summed E-state index contributed by atoms with van der Waals surface area (Å²) in [6.07, 6.45) is -6.66. The number of carboxylic acids is 1. The quantitative estimate of drug-likeness (QED) is 0.0419. The molecule has 3 N–H and O–H groups in total. The molecule has 0 aliphatic carbocycles. The summed E-state index contributed by atoms with van der Waals surface area (Å²) in [7, 11) is -11.7. The summed E-state index contributed by atoms with van der Waals surface area (Å²) >= 11 is 34.6. The van der Waals surface area contributed by atoms with Gasteiger partial charge in [-0.15, -0.1) is 0 Å². The lowest BCUT2D eigenvalue weighted by atomic mass is 10.2. The second kappa shape index (κ2) is 37.6. The molecule has 42 heteroatoms. The van der Waals surface area contributed by atoms with Gasteiger partial charge in [-0.1, -0.05) is 87.8 Å². The number of nitrogens with zero attached hydrogens (tertiary/aromatic N) is 10. The number of ether oxygens (including phenoxy) is 2. The first-order chi connectivity index (χ1) is 50.8. The maximum absolute atomic E-state index is 13.7. The van der Waals surface area contributed by atoms with Crippen molar-refractivity contribution in [2.24, 2.45) is 0 Å². The monoisotopic (exact) mass is 1700 g/mol. The summed E-state index contributed by atoms with van der Waals surface area (Å²) in [6, 6.07) is 24.9. The van der Waals surface area contributed by atoms with Gasteiger partial charge in [-0.3, -0.25) is 24.1 Å². The summed E-state index contributed by atoms with van der Waals surface area (Å²) in [5, 5.41) is 10.3. The summed E-state index contributed by atoms with van der Waals surface area (Å²) in [5.74, 6) is -1.48. The zero-order chi connectivity index (χ0) is 81.5. The molecule has 2 amide bonds. The molecule has 0 fully saturated rings. The van der Waals surface area contributed by atoms with Crippen LogP contribution in [0.3, 0.4) is 0 Å². The number of hydrogen-bond donors (Lipinski definition) is 3. The molecule has 0 aliphatic rings. The van der Waals surface area contributed by atoms with Crippen LogP contribution in [-0.2, 0) is 58.1 Å². The molecule has 584 valence electrons. The van der Waals surface area contributed by atoms with Crippen LogP contribution in [0.15, 0.2) is 179 Å². The lowest BCUT2D eigenvalue weighted by Crippen LogP contribution is -2.40. The Morgan fingerprint density at radius 2 is 0.826 bits per heavy atom. The first kappa shape index (κ1) is 88.9. The van der Waals surface area contributed by atoms with Crippen LogP contribution in [0.4, 0.5) is 74.0 Å². The van der Waals surface area contributed by atoms with Gasteiger partial charge in [-0.25, -0.2) is 68.6 Å². The molecule has 0 spiro atoms. The average molecular weight is 1710 g/mol. The third-order valence-electron chi connectivity index (χ3n) is 14.0. The first-order valence-corrected chi connectivity index (χ1v) is 37.4. The Hall–Kier alpha value is -8.95. The van der Waals surface area contributed by atoms with Crippen molar-refractivity contribution < 1.29 is 93.7 Å². The highest BCUT2D eigenvalue weighted by atomic mass is 35.5. The number of carbonyl (C=O) groups is 3. The highest BCUT2D eigenvalue weighted by molar-refractivity contribution is 7.93. The molecular formula is C67H61Cl6F9N12O12S3. The Morgan fingerprint density at radius 1 is 0.468 bits per heavy atom. The third kappa shape index (κ3) is 23.3. The van der Waals surface area contributed by atoms with Crippen molar-refractivity contribution in [2.75, 3.05) is 56.1 Å². The Kier molecular flexibility index (Phi) is 30.7. The van der Waals surface area contributed by atoms with Crippen LogP contribution in [0.1, 0.15) is 89.7 Å². The van der Waals surface area contributed by atoms with Crippen molar-refractivity contribution in [1.29, 1.82) is 0 Å². The van der Waals surface area contributed by atoms with E-state index in [-0.39, 0.29) is 43.6 Å². The van der Waals surface area contributed by atoms with Gasteiger partial charge in [0.05, 0.1) is 78.6 Å². The standard InChI is InChI=1S/C23H21Cl2F3N4O4S.C21H17Cl2F3N4O3S.C15H11Cl2F3N2O5S.C8H12N2/c1-14(2)32(20-6-4-5-9-29-20)22(33)21-19(10-15(24)12-30-21)31(13-36-3)37(34,35)16-7-8-18(25)17(11-16)23(26,27)28;1-12(2)30(18-5-3-4-8-27-18)20(31)19-17(9-13(22)11-28-19)29-34(32,33)14-6-7-16(23)15(10-14)21(24,25)26;1-27-7-22(12-4-8(16)6-21-13(12)14(23)24)28(25,26)9-2-3-11(17)10(5-9)15(18,19)20;1-7(2)10-8-5-3-4-6-9-8/h4-12,14H,13H2,1-3H3;3-12,29H,1-2H3;2-6H,7H2,1H3,(H,23,24);3-7H,1-2H3,(H,9,10). The molecule has 0 radical (unpaired) electrons. The van der Waals surface area contributed by atoms with Crippen LogP contribution in [0, 0.1) is 0 Å². The highest BCUT2D eigenvalue weighted by Crippen LogP contribution is 2.41. The Morgan fingerprint density at radius 3 is 1.18 bits per heavy atom. The highest BCUT2D eigenvalue weighted by Gasteiger charge is 2.40. The molecule has 0 bridgehead atoms. The maximum Gasteiger partial charge on any atom is 0.417 e. The van der Waals surface area contributed by atoms with Gasteiger partial charge >= 0.3 is 24.5 Å². The largest absolute Gasteiger partial charge is 0.476 e. The number of halogens is 15. The van der Waals surface area contributed by atoms with Gasteiger partial charge < -0.3 is 19.9 Å². The first-order valence-electron chi connectivity index (χ1n) is 30.8. The predicted molar refractivity (Wildman–Crippen MR) is 393 cm³/mol. The second-order valence-electron chi connectivity index (χ2n) is 22.9. The molecule has 9 aromatic rings. The Labute approximate surface area is 648 Å². The number of pyridine rings is 6. The molecule has 24 nitrogen and oxygen atoms in total. The predicted octanol–water partition coefficient (Wildman–Crippen LogP) is 17.1. The number of carboxylic acid groups (broad SMARTS) is 1. The fourth-order valence-electron chi connectivity index (χ4n) is 9.31. The lowest BCUT2D eigenvalue weighted by Gasteiger charge is -2.29. The van der Waals surface area contributed by atoms with Gasteiger partial charge in [0.1, 0.15) is 30.9 Å². The minimum absolute atomic E-state index is 0.00438. The van der Waals surface area contributed by atoms with Crippen molar-refractivity contribution in [2.45, 2.75) is 92.9 Å². The molecule has 0 atom stereocenters. The molecule has 6 heterocycles. The van der Waals surface area contributed by atoms with E-state index in [4.69, 9.17) is 79.1 Å². The van der Waals surface area contributed by atoms with E-state index in [1.165, 1.54) is 29.3 Å². The number of aromatic nitrogens is 6. The number of amides is 2. The number of rotatable bonds is 22. The van der Waals surface area contributed by atoms with E-state index in [9.17, 15) is 84.3 Å². The number of nitrogens with one attached hydrogen (secondary N) is 2. The number of methoxy groups -OCH3 is 2. The number of anilines is 6. The van der Waals surface area contributed by atoms with E-state index < -0.39 is 150 Å². The van der Waals surface area contributed by atoms with Crippen LogP contribution in [0.5, 0.6) is 0 Å². The zero-order valence-electron chi connectivity index (χ0n) is 57.5. The summed E-state index contributed by atoms with van der Waals surface area (Å²) in [6.45, 7) is 9.69. The van der Waals surface area contributed by atoms with Crippen LogP contribution < -0.4 is 28.4 Å². The minimum Gasteiger partial charge on any atom is -0.476 e. The third-order valence-corrected chi connectivity index (χ3v) is 20.4. The zero-order valence-corrected chi connectivity index (χ0v) is 64.5. The SMILES string of the molecule is CC(C)N(C(=O)c1ncc(Cl)cc1NS(=O)(=O)c1ccc(Cl)c(C(F)(F)F)c1)c1ccccn1.CC(C)Nc1ccccn1.COCN(c1cc(Cl)cnc1C(=O)N(c1ccccn1)C(C)C)S(=O)(=O)c1ccc(Cl)c(C(F)(F)F)c1.COCN(c1cc(Cl)cnc1C(=O)O)S(=O)(=O)c1ccc(Cl)c(C(F)(F)F)c1. The van der Waals surface area contributed by atoms with Crippen LogP contribution in [0.2, 0.25) is 30.1 Å². The van der Waals surface area contributed by atoms with Gasteiger partial charge in [-0.05, 0) is 151 Å². The minimum atomic E-state index is -4.91. The number of benzene rings is 3. The molecule has 0 unspecified atom stereocenters. The molecule has 0 aliphatic heterocycles. The van der Waals surface area contributed by atoms with Gasteiger partial charge in [-0.2, -0.15) is 39.5 Å². The summed E-state index contributed by atoms with van der Waals surface area (Å²) in [5.41, 5.74) is -6.47. The lowest BCUT2D eigenvalue weighted by molar-refractivity contribution is -0.138. The molecule has 0 saturated carbocycles. The summed E-state index contributed by atoms with van der Waals surface area (Å²) < 4.78 is 211. The normalized spacial score (nSPS) is 11.8. The fourth-order valence-corrected chi connectivity index (χ4v) is 14.3. The molecule has 9 rings (SSSR count). The van der Waals surface area contributed by atoms with Gasteiger partial charge in [0.25, 0.3) is 41.9 Å². The number of carbonyl (C=O) groups excluding carboxylic acids is 2. The van der Waals surface area contributed by atoms with Crippen molar-refractivity contribution in [3.63, 3.8) is 0 Å². The van der Waals surface area contributed by atoms with Crippen molar-refractivity contribution in [3.8, 4) is 0 Å². The van der Waals surface area contributed by atoms with Crippen LogP contribution in [-0.4, -0.2) is 124 Å². The average Bonchev–Trinajstić information content (AvgIpc) is 0.764. The summed E-state index contributed by atoms with van der Waals surface area (Å²) in [4.78, 5) is 62.8. The fraction of sp³-hybridized carbons (Fsp3) is 0.239. The van der Waals surface area contributed by atoms with E-state index in [0.717, 1.165) is 86.1 Å². The smallest absolute Gasteiger partial charge is 0.417 e. The van der Waals surface area contributed by atoms with E-state index in [1.807, 2.05) is 18.2 Å². The molecular weight excluding hydrogens is 1640 g/mol. The molecule has 3 aromatic carbocycles. The number of alkyl halides is 9. The molecule has 109 heavy (non-hydrogen) atoms. The van der Waals surface area contributed by atoms with Gasteiger partial charge in [0.2, 0.25) is 0 Å². The second-order valence-corrected chi connectivity index (χ2v) is 30.8. The topological polar surface area (TPSA) is 307 Å². The van der Waals surface area contributed by atoms with Crippen molar-refractivity contribution >= 4 is 152 Å². The van der Waals surface area contributed by atoms with Crippen LogP contribution >= 0.6 is 69.6 Å². The number of hydrogen-bond acceptors (Lipinski definition) is 18. The van der Waals surface area contributed by atoms with Crippen LogP contribution in [0.25, 0.3) is 0 Å². The van der Waals surface area contributed by atoms with Gasteiger partial charge in [0.15, 0.2) is 17.1 Å². The van der Waals surface area contributed by atoms with E-state index >= 15 is 0 Å². The Balaban J connectivity index is 0.000000241. The number of aromatic carboxylic acids is 1. The van der Waals surface area contributed by atoms with E-state index in [2.05, 4.69) is 53.8 Å². The number of sulfonamides is 3. The maximum atomic E-state index is 13.7. The molecule has 6 aromatic heterocycles. The Bertz CT molecular complexity index is 5060.